The summed E-state index contributed by atoms with van der Waals surface area (Å²) in [6, 6.07) is 7.04. The second kappa shape index (κ2) is 8.70. The first-order valence-corrected chi connectivity index (χ1v) is 8.95. The summed E-state index contributed by atoms with van der Waals surface area (Å²) in [4.78, 5) is 22.9. The summed E-state index contributed by atoms with van der Waals surface area (Å²) in [7, 11) is 1.33. The molecule has 0 fully saturated rings. The summed E-state index contributed by atoms with van der Waals surface area (Å²) in [5.41, 5.74) is -1.16. The predicted octanol–water partition coefficient (Wildman–Crippen LogP) is 5.39. The Kier molecular flexibility index (Phi) is 6.78. The monoisotopic (exact) mass is 434 g/mol. The number of nitrogens with one attached hydrogen (secondary N) is 1. The van der Waals surface area contributed by atoms with E-state index in [-0.39, 0.29) is 22.0 Å². The molecule has 0 heterocycles. The molecule has 28 heavy (non-hydrogen) atoms. The summed E-state index contributed by atoms with van der Waals surface area (Å²) in [5.74, 6) is -0.352. The number of anilines is 1. The number of thioether (sulfide) groups is 1. The average molecular weight is 435 g/mol. The molecular formula is C17H14ClF3N2O4S. The van der Waals surface area contributed by atoms with Crippen LogP contribution in [0.15, 0.2) is 41.3 Å². The van der Waals surface area contributed by atoms with Crippen molar-refractivity contribution in [3.63, 3.8) is 0 Å². The second-order valence-electron chi connectivity index (χ2n) is 5.53. The number of non-ortho nitro benzene ring substituents is 1. The molecule has 0 saturated heterocycles. The van der Waals surface area contributed by atoms with E-state index >= 15 is 0 Å². The Morgan fingerprint density at radius 1 is 1.29 bits per heavy atom. The van der Waals surface area contributed by atoms with Gasteiger partial charge in [0.15, 0.2) is 0 Å². The molecule has 11 heteroatoms. The smallest absolute Gasteiger partial charge is 0.417 e. The maximum Gasteiger partial charge on any atom is 0.417 e. The fraction of sp³-hybridized carbons (Fsp3) is 0.235. The average Bonchev–Trinajstić information content (AvgIpc) is 2.62. The Balaban J connectivity index is 2.18. The fourth-order valence-corrected chi connectivity index (χ4v) is 3.33. The molecule has 1 atom stereocenters. The zero-order chi connectivity index (χ0) is 21.1. The van der Waals surface area contributed by atoms with Crippen molar-refractivity contribution in [1.29, 1.82) is 0 Å². The Hall–Kier alpha value is -2.46. The van der Waals surface area contributed by atoms with E-state index in [0.717, 1.165) is 30.0 Å². The molecule has 2 aromatic carbocycles. The second-order valence-corrected chi connectivity index (χ2v) is 7.35. The number of methoxy groups -OCH3 is 1. The lowest BCUT2D eigenvalue weighted by atomic mass is 10.2. The van der Waals surface area contributed by atoms with Crippen LogP contribution in [0, 0.1) is 10.1 Å². The molecule has 150 valence electrons. The van der Waals surface area contributed by atoms with Gasteiger partial charge in [0, 0.05) is 17.0 Å². The molecule has 0 spiro atoms. The minimum atomic E-state index is -4.62. The highest BCUT2D eigenvalue weighted by Crippen LogP contribution is 2.38. The van der Waals surface area contributed by atoms with Crippen LogP contribution in [-0.4, -0.2) is 23.2 Å². The molecule has 0 aliphatic heterocycles. The Labute approximate surface area is 167 Å². The minimum Gasteiger partial charge on any atom is -0.495 e. The lowest BCUT2D eigenvalue weighted by Gasteiger charge is -2.15. The minimum absolute atomic E-state index is 0.0845. The normalized spacial score (nSPS) is 12.4. The molecule has 0 radical (unpaired) electrons. The molecule has 0 aliphatic rings. The van der Waals surface area contributed by atoms with E-state index in [0.29, 0.717) is 0 Å². The van der Waals surface area contributed by atoms with Crippen LogP contribution in [0.3, 0.4) is 0 Å². The SMILES string of the molecule is COc1ccc([N+](=O)[O-])cc1NC(=O)[C@H](C)Sc1ccc(Cl)c(C(F)(F)F)c1. The number of benzene rings is 2. The van der Waals surface area contributed by atoms with Crippen LogP contribution < -0.4 is 10.1 Å². The van der Waals surface area contributed by atoms with Crippen molar-refractivity contribution in [3.05, 3.63) is 57.1 Å². The van der Waals surface area contributed by atoms with Crippen molar-refractivity contribution >= 4 is 40.6 Å². The van der Waals surface area contributed by atoms with Gasteiger partial charge in [-0.1, -0.05) is 11.6 Å². The van der Waals surface area contributed by atoms with Crippen LogP contribution in [-0.2, 0) is 11.0 Å². The van der Waals surface area contributed by atoms with E-state index in [1.807, 2.05) is 0 Å². The quantitative estimate of drug-likeness (QED) is 0.374. The number of halogens is 4. The third kappa shape index (κ3) is 5.29. The topological polar surface area (TPSA) is 81.5 Å². The molecule has 0 aromatic heterocycles. The number of nitro groups is 1. The number of carbonyl (C=O) groups excluding carboxylic acids is 1. The van der Waals surface area contributed by atoms with Gasteiger partial charge in [-0.2, -0.15) is 13.2 Å². The van der Waals surface area contributed by atoms with Crippen LogP contribution in [0.25, 0.3) is 0 Å². The summed E-state index contributed by atoms with van der Waals surface area (Å²) < 4.78 is 43.9. The molecular weight excluding hydrogens is 421 g/mol. The molecule has 1 N–H and O–H groups in total. The van der Waals surface area contributed by atoms with Gasteiger partial charge in [0.25, 0.3) is 5.69 Å². The number of nitro benzene ring substituents is 1. The van der Waals surface area contributed by atoms with Crippen LogP contribution in [0.4, 0.5) is 24.5 Å². The highest BCUT2D eigenvalue weighted by molar-refractivity contribution is 8.00. The maximum atomic E-state index is 13.0. The van der Waals surface area contributed by atoms with E-state index in [4.69, 9.17) is 16.3 Å². The first-order valence-electron chi connectivity index (χ1n) is 7.69. The zero-order valence-electron chi connectivity index (χ0n) is 14.5. The third-order valence-electron chi connectivity index (χ3n) is 3.58. The molecule has 2 aromatic rings. The maximum absolute atomic E-state index is 13.0. The van der Waals surface area contributed by atoms with Crippen molar-refractivity contribution in [3.8, 4) is 5.75 Å². The molecule has 0 bridgehead atoms. The van der Waals surface area contributed by atoms with E-state index in [1.54, 1.807) is 0 Å². The van der Waals surface area contributed by atoms with Gasteiger partial charge in [0.05, 0.1) is 33.6 Å². The molecule has 0 saturated carbocycles. The van der Waals surface area contributed by atoms with Gasteiger partial charge < -0.3 is 10.1 Å². The number of hydrogen-bond acceptors (Lipinski definition) is 5. The number of ether oxygens (including phenoxy) is 1. The highest BCUT2D eigenvalue weighted by Gasteiger charge is 2.33. The predicted molar refractivity (Wildman–Crippen MR) is 100 cm³/mol. The largest absolute Gasteiger partial charge is 0.495 e. The molecule has 0 unspecified atom stereocenters. The fourth-order valence-electron chi connectivity index (χ4n) is 2.19. The molecule has 2 rings (SSSR count). The van der Waals surface area contributed by atoms with Crippen molar-refractivity contribution in [1.82, 2.24) is 0 Å². The van der Waals surface area contributed by atoms with Crippen molar-refractivity contribution in [2.75, 3.05) is 12.4 Å². The first-order chi connectivity index (χ1) is 13.0. The van der Waals surface area contributed by atoms with E-state index < -0.39 is 32.8 Å². The van der Waals surface area contributed by atoms with Crippen LogP contribution in [0.2, 0.25) is 5.02 Å². The van der Waals surface area contributed by atoms with E-state index in [9.17, 15) is 28.1 Å². The van der Waals surface area contributed by atoms with Crippen molar-refractivity contribution < 1.29 is 27.6 Å². The van der Waals surface area contributed by atoms with Gasteiger partial charge >= 0.3 is 6.18 Å². The van der Waals surface area contributed by atoms with Gasteiger partial charge in [-0.3, -0.25) is 14.9 Å². The Morgan fingerprint density at radius 2 is 1.96 bits per heavy atom. The number of rotatable bonds is 6. The van der Waals surface area contributed by atoms with Gasteiger partial charge in [-0.05, 0) is 31.2 Å². The molecule has 6 nitrogen and oxygen atoms in total. The standard InChI is InChI=1S/C17H14ClF3N2O4S/c1-9(28-11-4-5-13(18)12(8-11)17(19,20)21)16(24)22-14-7-10(23(25)26)3-6-15(14)27-2/h3-9H,1-2H3,(H,22,24)/t9-/m0/s1. The highest BCUT2D eigenvalue weighted by atomic mass is 35.5. The summed E-state index contributed by atoms with van der Waals surface area (Å²) in [6.45, 7) is 1.49. The number of nitrogens with zero attached hydrogens (tertiary/aromatic N) is 1. The van der Waals surface area contributed by atoms with E-state index in [2.05, 4.69) is 5.32 Å². The third-order valence-corrected chi connectivity index (χ3v) is 5.00. The lowest BCUT2D eigenvalue weighted by Crippen LogP contribution is -2.22. The van der Waals surface area contributed by atoms with Crippen molar-refractivity contribution in [2.45, 2.75) is 23.2 Å². The van der Waals surface area contributed by atoms with Gasteiger partial charge in [-0.15, -0.1) is 11.8 Å². The Bertz CT molecular complexity index is 908. The molecule has 0 aliphatic carbocycles. The van der Waals surface area contributed by atoms with Crippen LogP contribution in [0.5, 0.6) is 5.75 Å². The zero-order valence-corrected chi connectivity index (χ0v) is 16.1. The van der Waals surface area contributed by atoms with Crippen LogP contribution >= 0.6 is 23.4 Å². The van der Waals surface area contributed by atoms with E-state index in [1.165, 1.54) is 32.2 Å². The summed E-state index contributed by atoms with van der Waals surface area (Å²) in [6.07, 6.45) is -4.62. The summed E-state index contributed by atoms with van der Waals surface area (Å²) >= 11 is 6.47. The Morgan fingerprint density at radius 3 is 2.54 bits per heavy atom. The van der Waals surface area contributed by atoms with Gasteiger partial charge in [0.1, 0.15) is 5.75 Å². The molecule has 1 amide bonds. The van der Waals surface area contributed by atoms with Crippen molar-refractivity contribution in [2.24, 2.45) is 0 Å². The number of carbonyl (C=O) groups is 1. The van der Waals surface area contributed by atoms with Crippen LogP contribution in [0.1, 0.15) is 12.5 Å². The lowest BCUT2D eigenvalue weighted by molar-refractivity contribution is -0.384. The number of alkyl halides is 3. The summed E-state index contributed by atoms with van der Waals surface area (Å²) in [5, 5.41) is 12.2. The number of amides is 1. The van der Waals surface area contributed by atoms with Gasteiger partial charge in [-0.25, -0.2) is 0 Å². The van der Waals surface area contributed by atoms with Gasteiger partial charge in [0.2, 0.25) is 5.91 Å². The number of hydrogen-bond donors (Lipinski definition) is 1. The first kappa shape index (κ1) is 21.8.